The quantitative estimate of drug-likeness (QED) is 0.594. The first kappa shape index (κ1) is 18.3. The van der Waals surface area contributed by atoms with Crippen LogP contribution >= 0.6 is 0 Å². The third kappa shape index (κ3) is 4.78. The number of amides is 4. The number of hydrogen-bond acceptors (Lipinski definition) is 5. The summed E-state index contributed by atoms with van der Waals surface area (Å²) in [5.74, 6) is -0.697. The van der Waals surface area contributed by atoms with Gasteiger partial charge in [0.25, 0.3) is 11.5 Å². The van der Waals surface area contributed by atoms with Crippen LogP contribution in [0, 0.1) is 0 Å². The average molecular weight is 369 g/mol. The second-order valence-corrected chi connectivity index (χ2v) is 6.05. The standard InChI is InChI=1S/C18H19N5O4/c24-15(8-6-14-17(26)21-18(27)20-14)19-10-11-23-16(25)9-7-13(22-23)12-4-2-1-3-5-12/h1-5,7,9,14H,6,8,10-11H2,(H,19,24)(H2,20,21,26,27)/t14-/m0/s1. The van der Waals surface area contributed by atoms with Crippen molar-refractivity contribution in [3.63, 3.8) is 0 Å². The van der Waals surface area contributed by atoms with Gasteiger partial charge in [-0.25, -0.2) is 9.48 Å². The van der Waals surface area contributed by atoms with Crippen LogP contribution in [0.2, 0.25) is 0 Å². The van der Waals surface area contributed by atoms with Gasteiger partial charge in [0.15, 0.2) is 0 Å². The number of imide groups is 1. The molecule has 2 heterocycles. The van der Waals surface area contributed by atoms with Crippen LogP contribution in [0.5, 0.6) is 0 Å². The Bertz CT molecular complexity index is 909. The molecule has 1 fully saturated rings. The van der Waals surface area contributed by atoms with Gasteiger partial charge >= 0.3 is 6.03 Å². The molecular weight excluding hydrogens is 350 g/mol. The third-order valence-electron chi connectivity index (χ3n) is 4.10. The average Bonchev–Trinajstić information content (AvgIpc) is 2.99. The number of benzene rings is 1. The molecule has 1 atom stereocenters. The Hall–Kier alpha value is -3.49. The van der Waals surface area contributed by atoms with Gasteiger partial charge in [-0.2, -0.15) is 5.10 Å². The van der Waals surface area contributed by atoms with Crippen molar-refractivity contribution in [1.29, 1.82) is 0 Å². The molecule has 0 saturated carbocycles. The molecule has 9 heteroatoms. The molecular formula is C18H19N5O4. The first-order chi connectivity index (χ1) is 13.0. The molecule has 0 bridgehead atoms. The molecule has 2 aromatic rings. The van der Waals surface area contributed by atoms with Crippen LogP contribution in [0.15, 0.2) is 47.3 Å². The van der Waals surface area contributed by atoms with E-state index < -0.39 is 18.0 Å². The summed E-state index contributed by atoms with van der Waals surface area (Å²) in [6.07, 6.45) is 0.301. The molecule has 1 saturated heterocycles. The largest absolute Gasteiger partial charge is 0.354 e. The minimum Gasteiger partial charge on any atom is -0.354 e. The molecule has 27 heavy (non-hydrogen) atoms. The van der Waals surface area contributed by atoms with Gasteiger partial charge in [0, 0.05) is 24.6 Å². The Labute approximate surface area is 154 Å². The van der Waals surface area contributed by atoms with E-state index in [1.165, 1.54) is 10.7 Å². The molecule has 1 aromatic heterocycles. The van der Waals surface area contributed by atoms with Crippen LogP contribution in [0.25, 0.3) is 11.3 Å². The SMILES string of the molecule is O=C(CC[C@@H]1NC(=O)NC1=O)NCCn1nc(-c2ccccc2)ccc1=O. The number of carbonyl (C=O) groups excluding carboxylic acids is 3. The summed E-state index contributed by atoms with van der Waals surface area (Å²) < 4.78 is 1.30. The highest BCUT2D eigenvalue weighted by Crippen LogP contribution is 2.13. The van der Waals surface area contributed by atoms with Gasteiger partial charge in [-0.15, -0.1) is 0 Å². The number of rotatable bonds is 7. The maximum Gasteiger partial charge on any atom is 0.322 e. The fraction of sp³-hybridized carbons (Fsp3) is 0.278. The van der Waals surface area contributed by atoms with Crippen molar-refractivity contribution < 1.29 is 14.4 Å². The Morgan fingerprint density at radius 3 is 2.59 bits per heavy atom. The first-order valence-electron chi connectivity index (χ1n) is 8.54. The molecule has 3 N–H and O–H groups in total. The second-order valence-electron chi connectivity index (χ2n) is 6.05. The highest BCUT2D eigenvalue weighted by molar-refractivity contribution is 6.04. The molecule has 0 radical (unpaired) electrons. The van der Waals surface area contributed by atoms with Gasteiger partial charge in [-0.3, -0.25) is 19.7 Å². The first-order valence-corrected chi connectivity index (χ1v) is 8.54. The van der Waals surface area contributed by atoms with Gasteiger partial charge in [0.2, 0.25) is 5.91 Å². The summed E-state index contributed by atoms with van der Waals surface area (Å²) in [5.41, 5.74) is 1.31. The van der Waals surface area contributed by atoms with Crippen LogP contribution in [-0.2, 0) is 16.1 Å². The molecule has 0 spiro atoms. The van der Waals surface area contributed by atoms with E-state index in [-0.39, 0.29) is 37.4 Å². The maximum atomic E-state index is 11.9. The van der Waals surface area contributed by atoms with E-state index in [1.807, 2.05) is 30.3 Å². The number of nitrogens with one attached hydrogen (secondary N) is 3. The molecule has 0 aliphatic carbocycles. The lowest BCUT2D eigenvalue weighted by atomic mass is 10.1. The van der Waals surface area contributed by atoms with Gasteiger partial charge < -0.3 is 10.6 Å². The predicted octanol–water partition coefficient (Wildman–Crippen LogP) is 0.0147. The fourth-order valence-electron chi connectivity index (χ4n) is 2.70. The van der Waals surface area contributed by atoms with E-state index >= 15 is 0 Å². The molecule has 3 rings (SSSR count). The molecule has 0 unspecified atom stereocenters. The molecule has 1 aromatic carbocycles. The van der Waals surface area contributed by atoms with Crippen molar-refractivity contribution >= 4 is 17.8 Å². The van der Waals surface area contributed by atoms with Crippen molar-refractivity contribution in [3.8, 4) is 11.3 Å². The van der Waals surface area contributed by atoms with E-state index in [1.54, 1.807) is 6.07 Å². The van der Waals surface area contributed by atoms with E-state index in [9.17, 15) is 19.2 Å². The van der Waals surface area contributed by atoms with Crippen LogP contribution in [0.3, 0.4) is 0 Å². The summed E-state index contributed by atoms with van der Waals surface area (Å²) in [7, 11) is 0. The molecule has 1 aliphatic rings. The Kier molecular flexibility index (Phi) is 5.60. The van der Waals surface area contributed by atoms with Crippen LogP contribution in [0.4, 0.5) is 4.79 Å². The van der Waals surface area contributed by atoms with Crippen LogP contribution < -0.4 is 21.5 Å². The van der Waals surface area contributed by atoms with E-state index in [2.05, 4.69) is 21.0 Å². The molecule has 9 nitrogen and oxygen atoms in total. The monoisotopic (exact) mass is 369 g/mol. The van der Waals surface area contributed by atoms with Crippen LogP contribution in [0.1, 0.15) is 12.8 Å². The second kappa shape index (κ2) is 8.26. The summed E-state index contributed by atoms with van der Waals surface area (Å²) in [5, 5.41) is 11.6. The molecule has 140 valence electrons. The smallest absolute Gasteiger partial charge is 0.322 e. The fourth-order valence-corrected chi connectivity index (χ4v) is 2.70. The van der Waals surface area contributed by atoms with Gasteiger partial charge in [-0.1, -0.05) is 30.3 Å². The lowest BCUT2D eigenvalue weighted by Crippen LogP contribution is -2.34. The van der Waals surface area contributed by atoms with E-state index in [0.717, 1.165) is 5.56 Å². The van der Waals surface area contributed by atoms with Crippen molar-refractivity contribution in [1.82, 2.24) is 25.7 Å². The van der Waals surface area contributed by atoms with Crippen molar-refractivity contribution in [2.24, 2.45) is 0 Å². The maximum absolute atomic E-state index is 11.9. The molecule has 4 amide bonds. The zero-order valence-electron chi connectivity index (χ0n) is 14.5. The highest BCUT2D eigenvalue weighted by atomic mass is 16.2. The number of carbonyl (C=O) groups is 3. The summed E-state index contributed by atoms with van der Waals surface area (Å²) in [6.45, 7) is 0.457. The van der Waals surface area contributed by atoms with Crippen molar-refractivity contribution in [2.75, 3.05) is 6.54 Å². The molecule has 1 aliphatic heterocycles. The topological polar surface area (TPSA) is 122 Å². The lowest BCUT2D eigenvalue weighted by Gasteiger charge is -2.09. The van der Waals surface area contributed by atoms with Gasteiger partial charge in [-0.05, 0) is 12.5 Å². The number of aromatic nitrogens is 2. The van der Waals surface area contributed by atoms with Crippen molar-refractivity contribution in [3.05, 3.63) is 52.8 Å². The number of nitrogens with zero attached hydrogens (tertiary/aromatic N) is 2. The normalized spacial score (nSPS) is 15.9. The Morgan fingerprint density at radius 1 is 1.11 bits per heavy atom. The minimum atomic E-state index is -0.685. The van der Waals surface area contributed by atoms with Gasteiger partial charge in [0.1, 0.15) is 6.04 Å². The van der Waals surface area contributed by atoms with Crippen molar-refractivity contribution in [2.45, 2.75) is 25.4 Å². The van der Waals surface area contributed by atoms with Crippen LogP contribution in [-0.4, -0.2) is 40.2 Å². The Balaban J connectivity index is 1.50. The number of urea groups is 1. The summed E-state index contributed by atoms with van der Waals surface area (Å²) >= 11 is 0. The lowest BCUT2D eigenvalue weighted by molar-refractivity contribution is -0.122. The zero-order valence-corrected chi connectivity index (χ0v) is 14.5. The third-order valence-corrected chi connectivity index (χ3v) is 4.10. The van der Waals surface area contributed by atoms with Gasteiger partial charge in [0.05, 0.1) is 12.2 Å². The minimum absolute atomic E-state index is 0.0880. The Morgan fingerprint density at radius 2 is 1.89 bits per heavy atom. The summed E-state index contributed by atoms with van der Waals surface area (Å²) in [6, 6.07) is 11.3. The summed E-state index contributed by atoms with van der Waals surface area (Å²) in [4.78, 5) is 46.3. The highest BCUT2D eigenvalue weighted by Gasteiger charge is 2.29. The predicted molar refractivity (Wildman–Crippen MR) is 96.6 cm³/mol. The van der Waals surface area contributed by atoms with E-state index in [4.69, 9.17) is 0 Å². The number of hydrogen-bond donors (Lipinski definition) is 3. The van der Waals surface area contributed by atoms with E-state index in [0.29, 0.717) is 5.69 Å². The zero-order chi connectivity index (χ0) is 19.2.